The van der Waals surface area contributed by atoms with E-state index in [0.717, 1.165) is 13.0 Å². The number of carbonyl (C=O) groups is 1. The molecule has 0 atom stereocenters. The van der Waals surface area contributed by atoms with Crippen molar-refractivity contribution in [1.29, 1.82) is 0 Å². The Bertz CT molecular complexity index is 1200. The molecule has 2 aromatic carbocycles. The number of fused-ring (bicyclic) bond motifs is 1. The average Bonchev–Trinajstić information content (AvgIpc) is 2.84. The number of likely N-dealkylation sites (N-methyl/N-ethyl adjacent to an activating group) is 1. The van der Waals surface area contributed by atoms with Gasteiger partial charge in [0.05, 0.1) is 17.5 Å². The molecule has 0 bridgehead atoms. The lowest BCUT2D eigenvalue weighted by molar-refractivity contribution is -0.121. The van der Waals surface area contributed by atoms with Crippen molar-refractivity contribution in [2.75, 3.05) is 32.8 Å². The fourth-order valence-corrected chi connectivity index (χ4v) is 4.53. The molecule has 180 valence electrons. The maximum Gasteiger partial charge on any atom is 0.262 e. The zero-order valence-corrected chi connectivity index (χ0v) is 20.3. The van der Waals surface area contributed by atoms with Crippen LogP contribution >= 0.6 is 11.6 Å². The molecule has 2 heterocycles. The number of benzene rings is 2. The highest BCUT2D eigenvalue weighted by molar-refractivity contribution is 6.30. The summed E-state index contributed by atoms with van der Waals surface area (Å²) in [5.74, 6) is 0.783. The number of likely N-dealkylation sites (tertiary alicyclic amines) is 1. The van der Waals surface area contributed by atoms with Gasteiger partial charge in [-0.2, -0.15) is 0 Å². The van der Waals surface area contributed by atoms with Crippen LogP contribution in [-0.2, 0) is 11.3 Å². The van der Waals surface area contributed by atoms with E-state index in [1.165, 1.54) is 36.9 Å². The standard InChI is InChI=1S/C26H31ClN4O3/c1-2-28-24(32)18-31-25(19-8-6-9-20(27)16-19)29-23-11-10-21(17-22(23)26(31)33)34-15-7-14-30-12-4-3-5-13-30/h6,8-11,16-17H,2-5,7,12-15,18H2,1H3,(H,28,32). The largest absolute Gasteiger partial charge is 0.494 e. The summed E-state index contributed by atoms with van der Waals surface area (Å²) >= 11 is 6.18. The summed E-state index contributed by atoms with van der Waals surface area (Å²) in [5.41, 5.74) is 0.937. The highest BCUT2D eigenvalue weighted by atomic mass is 35.5. The number of hydrogen-bond acceptors (Lipinski definition) is 5. The Morgan fingerprint density at radius 2 is 1.97 bits per heavy atom. The van der Waals surface area contributed by atoms with Crippen molar-refractivity contribution < 1.29 is 9.53 Å². The van der Waals surface area contributed by atoms with E-state index >= 15 is 0 Å². The Kier molecular flexibility index (Phi) is 8.19. The van der Waals surface area contributed by atoms with Crippen LogP contribution in [0.15, 0.2) is 47.3 Å². The summed E-state index contributed by atoms with van der Waals surface area (Å²) in [6.45, 7) is 6.14. The van der Waals surface area contributed by atoms with Crippen molar-refractivity contribution in [3.63, 3.8) is 0 Å². The molecule has 0 aliphatic carbocycles. The molecule has 1 aliphatic rings. The van der Waals surface area contributed by atoms with E-state index < -0.39 is 0 Å². The third kappa shape index (κ3) is 5.96. The van der Waals surface area contributed by atoms with Gasteiger partial charge in [0, 0.05) is 23.7 Å². The maximum atomic E-state index is 13.5. The number of carbonyl (C=O) groups excluding carboxylic acids is 1. The Morgan fingerprint density at radius 3 is 2.74 bits per heavy atom. The fourth-order valence-electron chi connectivity index (χ4n) is 4.34. The van der Waals surface area contributed by atoms with E-state index in [1.54, 1.807) is 30.3 Å². The summed E-state index contributed by atoms with van der Waals surface area (Å²) in [6, 6.07) is 12.5. The van der Waals surface area contributed by atoms with Crippen LogP contribution in [0.25, 0.3) is 22.3 Å². The Balaban J connectivity index is 1.59. The third-order valence-corrected chi connectivity index (χ3v) is 6.26. The minimum absolute atomic E-state index is 0.127. The predicted molar refractivity (Wildman–Crippen MR) is 136 cm³/mol. The van der Waals surface area contributed by atoms with Gasteiger partial charge in [0.25, 0.3) is 5.56 Å². The molecule has 0 unspecified atom stereocenters. The molecule has 0 radical (unpaired) electrons. The Hall–Kier alpha value is -2.90. The average molecular weight is 483 g/mol. The van der Waals surface area contributed by atoms with Crippen molar-refractivity contribution >= 4 is 28.4 Å². The van der Waals surface area contributed by atoms with E-state index in [4.69, 9.17) is 21.3 Å². The molecule has 4 rings (SSSR count). The van der Waals surface area contributed by atoms with Gasteiger partial charge in [0.1, 0.15) is 18.1 Å². The van der Waals surface area contributed by atoms with E-state index in [0.29, 0.717) is 46.2 Å². The number of halogens is 1. The van der Waals surface area contributed by atoms with Gasteiger partial charge in [-0.05, 0) is 69.6 Å². The summed E-state index contributed by atoms with van der Waals surface area (Å²) < 4.78 is 7.35. The van der Waals surface area contributed by atoms with Crippen molar-refractivity contribution in [2.24, 2.45) is 0 Å². The minimum atomic E-state index is -0.287. The molecule has 0 saturated carbocycles. The van der Waals surface area contributed by atoms with Crippen LogP contribution in [0.5, 0.6) is 5.75 Å². The number of aromatic nitrogens is 2. The fraction of sp³-hybridized carbons (Fsp3) is 0.423. The van der Waals surface area contributed by atoms with Gasteiger partial charge in [0.2, 0.25) is 5.91 Å². The molecular weight excluding hydrogens is 452 g/mol. The Morgan fingerprint density at radius 1 is 1.15 bits per heavy atom. The van der Waals surface area contributed by atoms with Gasteiger partial charge in [0.15, 0.2) is 0 Å². The number of amides is 1. The minimum Gasteiger partial charge on any atom is -0.494 e. The number of hydrogen-bond donors (Lipinski definition) is 1. The van der Waals surface area contributed by atoms with Crippen LogP contribution < -0.4 is 15.6 Å². The molecular formula is C26H31ClN4O3. The molecule has 8 heteroatoms. The molecule has 1 saturated heterocycles. The second-order valence-electron chi connectivity index (χ2n) is 8.57. The predicted octanol–water partition coefficient (Wildman–Crippen LogP) is 4.11. The zero-order valence-electron chi connectivity index (χ0n) is 19.6. The van der Waals surface area contributed by atoms with Crippen LogP contribution in [0, 0.1) is 0 Å². The number of nitrogens with one attached hydrogen (secondary N) is 1. The molecule has 0 spiro atoms. The second kappa shape index (κ2) is 11.5. The zero-order chi connectivity index (χ0) is 23.9. The second-order valence-corrected chi connectivity index (χ2v) is 9.01. The molecule has 1 aliphatic heterocycles. The van der Waals surface area contributed by atoms with Crippen molar-refractivity contribution in [3.8, 4) is 17.1 Å². The lowest BCUT2D eigenvalue weighted by Crippen LogP contribution is -2.33. The number of piperidine rings is 1. The van der Waals surface area contributed by atoms with Gasteiger partial charge in [-0.15, -0.1) is 0 Å². The van der Waals surface area contributed by atoms with E-state index in [-0.39, 0.29) is 18.0 Å². The van der Waals surface area contributed by atoms with E-state index in [1.807, 2.05) is 19.1 Å². The van der Waals surface area contributed by atoms with Crippen LogP contribution in [0.2, 0.25) is 5.02 Å². The van der Waals surface area contributed by atoms with Crippen LogP contribution in [-0.4, -0.2) is 53.1 Å². The lowest BCUT2D eigenvalue weighted by Gasteiger charge is -2.26. The molecule has 7 nitrogen and oxygen atoms in total. The van der Waals surface area contributed by atoms with Crippen LogP contribution in [0.4, 0.5) is 0 Å². The van der Waals surface area contributed by atoms with Crippen molar-refractivity contribution in [3.05, 3.63) is 57.8 Å². The molecule has 1 aromatic heterocycles. The summed E-state index contributed by atoms with van der Waals surface area (Å²) in [7, 11) is 0. The SMILES string of the molecule is CCNC(=O)Cn1c(-c2cccc(Cl)c2)nc2ccc(OCCCN3CCCCC3)cc2c1=O. The molecule has 1 amide bonds. The van der Waals surface area contributed by atoms with Gasteiger partial charge in [-0.25, -0.2) is 4.98 Å². The smallest absolute Gasteiger partial charge is 0.262 e. The van der Waals surface area contributed by atoms with E-state index in [2.05, 4.69) is 10.2 Å². The highest BCUT2D eigenvalue weighted by Gasteiger charge is 2.16. The quantitative estimate of drug-likeness (QED) is 0.464. The molecule has 3 aromatic rings. The summed E-state index contributed by atoms with van der Waals surface area (Å²) in [4.78, 5) is 33.1. The van der Waals surface area contributed by atoms with Gasteiger partial charge in [-0.3, -0.25) is 14.2 Å². The first kappa shape index (κ1) is 24.2. The highest BCUT2D eigenvalue weighted by Crippen LogP contribution is 2.24. The van der Waals surface area contributed by atoms with Crippen molar-refractivity contribution in [2.45, 2.75) is 39.2 Å². The lowest BCUT2D eigenvalue weighted by atomic mass is 10.1. The van der Waals surface area contributed by atoms with Crippen LogP contribution in [0.1, 0.15) is 32.6 Å². The normalized spacial score (nSPS) is 14.3. The molecule has 1 fully saturated rings. The Labute approximate surface area is 204 Å². The van der Waals surface area contributed by atoms with Crippen molar-refractivity contribution in [1.82, 2.24) is 19.8 Å². The molecule has 34 heavy (non-hydrogen) atoms. The first-order valence-corrected chi connectivity index (χ1v) is 12.4. The monoisotopic (exact) mass is 482 g/mol. The molecule has 1 N–H and O–H groups in total. The number of rotatable bonds is 9. The summed E-state index contributed by atoms with van der Waals surface area (Å²) in [5, 5.41) is 3.70. The number of nitrogens with zero attached hydrogens (tertiary/aromatic N) is 3. The topological polar surface area (TPSA) is 76.5 Å². The van der Waals surface area contributed by atoms with E-state index in [9.17, 15) is 9.59 Å². The van der Waals surface area contributed by atoms with Crippen LogP contribution in [0.3, 0.4) is 0 Å². The maximum absolute atomic E-state index is 13.5. The van der Waals surface area contributed by atoms with Gasteiger partial charge in [-0.1, -0.05) is 30.2 Å². The van der Waals surface area contributed by atoms with Gasteiger partial charge >= 0.3 is 0 Å². The summed E-state index contributed by atoms with van der Waals surface area (Å²) in [6.07, 6.45) is 4.82. The van der Waals surface area contributed by atoms with Gasteiger partial charge < -0.3 is 15.0 Å². The first-order valence-electron chi connectivity index (χ1n) is 12.0. The third-order valence-electron chi connectivity index (χ3n) is 6.02. The first-order chi connectivity index (χ1) is 16.5. The number of ether oxygens (including phenoxy) is 1.